The van der Waals surface area contributed by atoms with Crippen LogP contribution in [-0.2, 0) is 14.4 Å². The molecular weight excluding hydrogens is 312 g/mol. The van der Waals surface area contributed by atoms with Crippen LogP contribution >= 0.6 is 0 Å². The van der Waals surface area contributed by atoms with Crippen LogP contribution in [0, 0.1) is 5.92 Å². The number of nitrogens with zero attached hydrogens (tertiary/aromatic N) is 2. The van der Waals surface area contributed by atoms with Crippen molar-refractivity contribution in [2.75, 3.05) is 6.54 Å². The molecule has 2 N–H and O–H groups in total. The van der Waals surface area contributed by atoms with Gasteiger partial charge in [0.15, 0.2) is 0 Å². The Hall–Kier alpha value is -2.12. The van der Waals surface area contributed by atoms with E-state index < -0.39 is 23.4 Å². The second-order valence-corrected chi connectivity index (χ2v) is 7.23. The predicted molar refractivity (Wildman–Crippen MR) is 84.3 cm³/mol. The van der Waals surface area contributed by atoms with Gasteiger partial charge in [0.1, 0.15) is 5.54 Å². The van der Waals surface area contributed by atoms with Crippen molar-refractivity contribution >= 4 is 23.8 Å². The molecule has 3 fully saturated rings. The van der Waals surface area contributed by atoms with Gasteiger partial charge in [-0.3, -0.25) is 19.8 Å². The van der Waals surface area contributed by atoms with Gasteiger partial charge in [0.25, 0.3) is 5.91 Å². The Labute approximate surface area is 140 Å². The fraction of sp³-hybridized carbons (Fsp3) is 0.750. The Morgan fingerprint density at radius 3 is 2.46 bits per heavy atom. The van der Waals surface area contributed by atoms with Gasteiger partial charge in [-0.1, -0.05) is 19.3 Å². The highest BCUT2D eigenvalue weighted by molar-refractivity contribution is 6.08. The first-order chi connectivity index (χ1) is 11.3. The van der Waals surface area contributed by atoms with Crippen LogP contribution in [0.1, 0.15) is 52.4 Å². The number of likely N-dealkylation sites (tertiary alicyclic amines) is 1. The lowest BCUT2D eigenvalue weighted by Gasteiger charge is -2.30. The Morgan fingerprint density at radius 2 is 1.88 bits per heavy atom. The molecule has 3 rings (SSSR count). The molecule has 24 heavy (non-hydrogen) atoms. The molecule has 1 unspecified atom stereocenters. The molecule has 5 amide bonds. The summed E-state index contributed by atoms with van der Waals surface area (Å²) in [5.74, 6) is -1.46. The summed E-state index contributed by atoms with van der Waals surface area (Å²) in [5.41, 5.74) is 1.56. The normalized spacial score (nSPS) is 26.5. The number of carbonyl (C=O) groups is 4. The standard InChI is InChI=1S/C16H24N4O4/c1-10(2)19-9-11(8-12(19)21)13(22)18-20-14(23)16(17-15(20)24)6-4-3-5-7-16/h10-11H,3-9H2,1-2H3,(H,17,24)(H,18,22). The molecule has 1 saturated carbocycles. The predicted octanol–water partition coefficient (Wildman–Crippen LogP) is 0.529. The number of urea groups is 1. The maximum Gasteiger partial charge on any atom is 0.344 e. The van der Waals surface area contributed by atoms with Crippen LogP contribution < -0.4 is 10.7 Å². The summed E-state index contributed by atoms with van der Waals surface area (Å²) in [6.07, 6.45) is 4.13. The van der Waals surface area contributed by atoms with E-state index in [-0.39, 0.29) is 24.3 Å². The van der Waals surface area contributed by atoms with Crippen LogP contribution in [0.15, 0.2) is 0 Å². The van der Waals surface area contributed by atoms with Crippen molar-refractivity contribution in [1.82, 2.24) is 20.7 Å². The topological polar surface area (TPSA) is 98.8 Å². The first-order valence-electron chi connectivity index (χ1n) is 8.61. The molecule has 2 heterocycles. The quantitative estimate of drug-likeness (QED) is 0.734. The van der Waals surface area contributed by atoms with Crippen LogP contribution in [0.4, 0.5) is 4.79 Å². The van der Waals surface area contributed by atoms with Crippen molar-refractivity contribution in [3.63, 3.8) is 0 Å². The van der Waals surface area contributed by atoms with E-state index in [9.17, 15) is 19.2 Å². The van der Waals surface area contributed by atoms with Gasteiger partial charge >= 0.3 is 6.03 Å². The van der Waals surface area contributed by atoms with Crippen molar-refractivity contribution in [1.29, 1.82) is 0 Å². The summed E-state index contributed by atoms with van der Waals surface area (Å²) in [6, 6.07) is -0.558. The average Bonchev–Trinajstić information content (AvgIpc) is 3.03. The zero-order chi connectivity index (χ0) is 17.5. The first-order valence-corrected chi connectivity index (χ1v) is 8.61. The molecular formula is C16H24N4O4. The van der Waals surface area contributed by atoms with Crippen LogP contribution in [0.25, 0.3) is 0 Å². The van der Waals surface area contributed by atoms with Gasteiger partial charge in [-0.2, -0.15) is 5.01 Å². The molecule has 3 aliphatic rings. The van der Waals surface area contributed by atoms with Crippen molar-refractivity contribution in [3.8, 4) is 0 Å². The van der Waals surface area contributed by atoms with E-state index in [2.05, 4.69) is 10.7 Å². The molecule has 0 aromatic heterocycles. The molecule has 2 saturated heterocycles. The number of rotatable bonds is 3. The molecule has 1 atom stereocenters. The highest BCUT2D eigenvalue weighted by atomic mass is 16.2. The van der Waals surface area contributed by atoms with Crippen LogP contribution in [0.5, 0.6) is 0 Å². The van der Waals surface area contributed by atoms with Gasteiger partial charge in [-0.05, 0) is 26.7 Å². The summed E-state index contributed by atoms with van der Waals surface area (Å²) in [4.78, 5) is 50.8. The van der Waals surface area contributed by atoms with Gasteiger partial charge in [0.05, 0.1) is 5.92 Å². The minimum Gasteiger partial charge on any atom is -0.339 e. The molecule has 1 aliphatic carbocycles. The molecule has 8 nitrogen and oxygen atoms in total. The van der Waals surface area contributed by atoms with Gasteiger partial charge in [-0.15, -0.1) is 0 Å². The highest BCUT2D eigenvalue weighted by Gasteiger charge is 2.52. The van der Waals surface area contributed by atoms with E-state index >= 15 is 0 Å². The third-order valence-corrected chi connectivity index (χ3v) is 5.24. The largest absolute Gasteiger partial charge is 0.344 e. The molecule has 0 aromatic carbocycles. The lowest BCUT2D eigenvalue weighted by molar-refractivity contribution is -0.141. The smallest absolute Gasteiger partial charge is 0.339 e. The number of hydrazine groups is 1. The van der Waals surface area contributed by atoms with Crippen molar-refractivity contribution in [2.24, 2.45) is 5.92 Å². The highest BCUT2D eigenvalue weighted by Crippen LogP contribution is 2.33. The molecule has 0 bridgehead atoms. The second-order valence-electron chi connectivity index (χ2n) is 7.23. The maximum absolute atomic E-state index is 12.6. The zero-order valence-electron chi connectivity index (χ0n) is 14.1. The van der Waals surface area contributed by atoms with Crippen LogP contribution in [0.3, 0.4) is 0 Å². The summed E-state index contributed by atoms with van der Waals surface area (Å²) in [5, 5.41) is 3.55. The molecule has 0 aromatic rings. The fourth-order valence-corrected chi connectivity index (χ4v) is 3.82. The minimum absolute atomic E-state index is 0.0255. The Bertz CT molecular complexity index is 583. The maximum atomic E-state index is 12.6. The van der Waals surface area contributed by atoms with Crippen molar-refractivity contribution in [2.45, 2.75) is 64.0 Å². The molecule has 2 aliphatic heterocycles. The number of amides is 5. The Balaban J connectivity index is 1.66. The van der Waals surface area contributed by atoms with E-state index in [0.29, 0.717) is 19.4 Å². The lowest BCUT2D eigenvalue weighted by atomic mass is 9.82. The summed E-state index contributed by atoms with van der Waals surface area (Å²) in [6.45, 7) is 4.10. The third kappa shape index (κ3) is 2.74. The van der Waals surface area contributed by atoms with Crippen LogP contribution in [0.2, 0.25) is 0 Å². The van der Waals surface area contributed by atoms with Gasteiger partial charge in [-0.25, -0.2) is 4.79 Å². The average molecular weight is 336 g/mol. The van der Waals surface area contributed by atoms with E-state index in [1.807, 2.05) is 13.8 Å². The van der Waals surface area contributed by atoms with Gasteiger partial charge in [0.2, 0.25) is 11.8 Å². The van der Waals surface area contributed by atoms with E-state index in [1.165, 1.54) is 0 Å². The first kappa shape index (κ1) is 16.7. The molecule has 132 valence electrons. The Morgan fingerprint density at radius 1 is 1.21 bits per heavy atom. The number of hydrogen-bond donors (Lipinski definition) is 2. The molecule has 1 spiro atoms. The number of imide groups is 1. The van der Waals surface area contributed by atoms with Gasteiger partial charge in [0, 0.05) is 19.0 Å². The zero-order valence-corrected chi connectivity index (χ0v) is 14.1. The molecule has 0 radical (unpaired) electrons. The monoisotopic (exact) mass is 336 g/mol. The van der Waals surface area contributed by atoms with Crippen LogP contribution in [-0.4, -0.2) is 51.8 Å². The van der Waals surface area contributed by atoms with Crippen molar-refractivity contribution < 1.29 is 19.2 Å². The van der Waals surface area contributed by atoms with E-state index in [4.69, 9.17) is 0 Å². The fourth-order valence-electron chi connectivity index (χ4n) is 3.82. The molecule has 8 heteroatoms. The Kier molecular flexibility index (Phi) is 4.23. The number of carbonyl (C=O) groups excluding carboxylic acids is 4. The second kappa shape index (κ2) is 6.07. The summed E-state index contributed by atoms with van der Waals surface area (Å²) >= 11 is 0. The lowest BCUT2D eigenvalue weighted by Crippen LogP contribution is -2.52. The summed E-state index contributed by atoms with van der Waals surface area (Å²) in [7, 11) is 0. The van der Waals surface area contributed by atoms with Gasteiger partial charge < -0.3 is 10.2 Å². The summed E-state index contributed by atoms with van der Waals surface area (Å²) < 4.78 is 0. The number of nitrogens with one attached hydrogen (secondary N) is 2. The number of hydrogen-bond acceptors (Lipinski definition) is 4. The van der Waals surface area contributed by atoms with E-state index in [0.717, 1.165) is 24.3 Å². The SMILES string of the molecule is CC(C)N1CC(C(=O)NN2C(=O)NC3(CCCCC3)C2=O)CC1=O. The van der Waals surface area contributed by atoms with Crippen molar-refractivity contribution in [3.05, 3.63) is 0 Å². The third-order valence-electron chi connectivity index (χ3n) is 5.24. The van der Waals surface area contributed by atoms with E-state index in [1.54, 1.807) is 4.90 Å². The minimum atomic E-state index is -0.863.